The number of pyridine rings is 1. The van der Waals surface area contributed by atoms with E-state index in [0.29, 0.717) is 70.5 Å². The summed E-state index contributed by atoms with van der Waals surface area (Å²) in [4.78, 5) is 41.2. The first-order valence-corrected chi connectivity index (χ1v) is 16.2. The molecule has 0 spiro atoms. The highest BCUT2D eigenvalue weighted by molar-refractivity contribution is 5.94. The van der Waals surface area contributed by atoms with Crippen molar-refractivity contribution in [3.05, 3.63) is 64.4 Å². The van der Waals surface area contributed by atoms with Crippen LogP contribution < -0.4 is 10.5 Å². The number of hydrogen-bond donors (Lipinski definition) is 1. The number of anilines is 1. The monoisotopic (exact) mass is 726 g/mol. The van der Waals surface area contributed by atoms with Gasteiger partial charge in [-0.3, -0.25) is 9.69 Å². The third-order valence-electron chi connectivity index (χ3n) is 7.29. The van der Waals surface area contributed by atoms with Crippen LogP contribution in [0, 0.1) is 0 Å². The highest BCUT2D eigenvalue weighted by Crippen LogP contribution is 2.36. The molecule has 4 rings (SSSR count). The molecule has 14 nitrogen and oxygen atoms in total. The van der Waals surface area contributed by atoms with Crippen LogP contribution in [0.2, 0.25) is 0 Å². The number of hydrogen-bond acceptors (Lipinski definition) is 12. The first-order valence-electron chi connectivity index (χ1n) is 16.2. The van der Waals surface area contributed by atoms with Crippen molar-refractivity contribution in [3.63, 3.8) is 0 Å². The number of carbonyl (C=O) groups is 2. The first-order chi connectivity index (χ1) is 24.7. The summed E-state index contributed by atoms with van der Waals surface area (Å²) in [6.45, 7) is 4.17. The first kappa shape index (κ1) is 39.5. The zero-order chi connectivity index (χ0) is 36.5. The van der Waals surface area contributed by atoms with E-state index in [1.807, 2.05) is 0 Å². The van der Waals surface area contributed by atoms with Gasteiger partial charge in [0.05, 0.1) is 84.8 Å². The molecule has 1 fully saturated rings. The summed E-state index contributed by atoms with van der Waals surface area (Å²) >= 11 is 0. The molecule has 1 saturated heterocycles. The summed E-state index contributed by atoms with van der Waals surface area (Å²) in [5.41, 5.74) is -1.35. The Morgan fingerprint density at radius 1 is 0.804 bits per heavy atom. The molecule has 2 aromatic carbocycles. The minimum atomic E-state index is -4.61. The standard InChI is InChI=1S/C34H41F3N2O12/c1-43-8-9-44-10-11-45-12-13-46-14-15-47-16-17-48-18-19-49-33(42)50-23-26-22-39(32(41)51-26)25-7-6-24-20-30(38-31(40)28(24)21-25)27-4-2-3-5-29(27)34(35,36)37/h2-7,20-21,26H,8-19,22-23H2,1H3,(H,38,40)/t26-/m0/s1. The second-order valence-electron chi connectivity index (χ2n) is 10.9. The van der Waals surface area contributed by atoms with E-state index < -0.39 is 35.7 Å². The summed E-state index contributed by atoms with van der Waals surface area (Å²) < 4.78 is 87.6. The molecule has 1 aromatic heterocycles. The Morgan fingerprint density at radius 2 is 1.39 bits per heavy atom. The summed E-state index contributed by atoms with van der Waals surface area (Å²) in [5.74, 6) is 0. The number of H-pyrrole nitrogens is 1. The Bertz CT molecular complexity index is 1600. The van der Waals surface area contributed by atoms with Crippen molar-refractivity contribution in [3.8, 4) is 11.3 Å². The number of methoxy groups -OCH3 is 1. The number of fused-ring (bicyclic) bond motifs is 1. The number of rotatable bonds is 22. The number of aromatic nitrogens is 1. The molecular weight excluding hydrogens is 685 g/mol. The van der Waals surface area contributed by atoms with Crippen LogP contribution in [0.1, 0.15) is 5.56 Å². The van der Waals surface area contributed by atoms with Gasteiger partial charge in [-0.2, -0.15) is 13.2 Å². The highest BCUT2D eigenvalue weighted by atomic mass is 19.4. The molecule has 1 atom stereocenters. The van der Waals surface area contributed by atoms with E-state index in [-0.39, 0.29) is 49.6 Å². The second-order valence-corrected chi connectivity index (χ2v) is 10.9. The van der Waals surface area contributed by atoms with Crippen LogP contribution in [0.5, 0.6) is 0 Å². The van der Waals surface area contributed by atoms with E-state index in [0.717, 1.165) is 6.07 Å². The molecular formula is C34H41F3N2O12. The van der Waals surface area contributed by atoms with E-state index >= 15 is 0 Å². The number of amides is 1. The van der Waals surface area contributed by atoms with Crippen LogP contribution in [0.25, 0.3) is 22.0 Å². The van der Waals surface area contributed by atoms with Crippen LogP contribution in [-0.2, 0) is 48.8 Å². The van der Waals surface area contributed by atoms with Crippen LogP contribution in [0.15, 0.2) is 53.3 Å². The fourth-order valence-electron chi connectivity index (χ4n) is 4.86. The van der Waals surface area contributed by atoms with Crippen LogP contribution in [0.3, 0.4) is 0 Å². The Hall–Kier alpha value is -4.26. The largest absolute Gasteiger partial charge is 0.508 e. The minimum absolute atomic E-state index is 0.00513. The lowest BCUT2D eigenvalue weighted by molar-refractivity contribution is -0.137. The molecule has 3 aromatic rings. The molecule has 1 aliphatic heterocycles. The van der Waals surface area contributed by atoms with Gasteiger partial charge >= 0.3 is 18.4 Å². The lowest BCUT2D eigenvalue weighted by Gasteiger charge is -2.15. The number of nitrogens with zero attached hydrogens (tertiary/aromatic N) is 1. The summed E-state index contributed by atoms with van der Waals surface area (Å²) in [6.07, 6.45) is -7.12. The Labute approximate surface area is 291 Å². The Morgan fingerprint density at radius 3 is 2.00 bits per heavy atom. The van der Waals surface area contributed by atoms with Gasteiger partial charge in [0.1, 0.15) is 13.2 Å². The lowest BCUT2D eigenvalue weighted by Crippen LogP contribution is -2.27. The molecule has 1 aliphatic rings. The van der Waals surface area contributed by atoms with Crippen molar-refractivity contribution in [2.75, 3.05) is 104 Å². The number of nitrogens with one attached hydrogen (secondary N) is 1. The summed E-state index contributed by atoms with van der Waals surface area (Å²) in [7, 11) is 1.61. The smallest absolute Gasteiger partial charge is 0.440 e. The van der Waals surface area contributed by atoms with E-state index in [1.54, 1.807) is 13.2 Å². The number of cyclic esters (lactones) is 1. The SMILES string of the molecule is COCCOCCOCCOCCOCCOCCOC(=O)OC[C@@H]1CN(c2ccc3cc(-c4ccccc4C(F)(F)F)[nH]c(=O)c3c2)C(=O)O1. The molecule has 0 saturated carbocycles. The zero-order valence-electron chi connectivity index (χ0n) is 28.1. The Balaban J connectivity index is 1.08. The fourth-order valence-corrected chi connectivity index (χ4v) is 4.86. The van der Waals surface area contributed by atoms with Gasteiger partial charge in [0, 0.05) is 29.4 Å². The number of halogens is 3. The molecule has 0 bridgehead atoms. The van der Waals surface area contributed by atoms with E-state index in [9.17, 15) is 27.6 Å². The fraction of sp³-hybridized carbons (Fsp3) is 0.500. The average molecular weight is 727 g/mol. The maximum absolute atomic E-state index is 13.5. The van der Waals surface area contributed by atoms with Gasteiger partial charge in [0.15, 0.2) is 6.10 Å². The van der Waals surface area contributed by atoms with Gasteiger partial charge in [0.25, 0.3) is 5.56 Å². The molecule has 1 N–H and O–H groups in total. The average Bonchev–Trinajstić information content (AvgIpc) is 3.49. The maximum Gasteiger partial charge on any atom is 0.508 e. The topological polar surface area (TPSA) is 153 Å². The lowest BCUT2D eigenvalue weighted by atomic mass is 10.0. The van der Waals surface area contributed by atoms with Gasteiger partial charge in [-0.25, -0.2) is 9.59 Å². The minimum Gasteiger partial charge on any atom is -0.440 e. The van der Waals surface area contributed by atoms with Crippen molar-refractivity contribution in [2.45, 2.75) is 12.3 Å². The predicted molar refractivity (Wildman–Crippen MR) is 176 cm³/mol. The van der Waals surface area contributed by atoms with Crippen molar-refractivity contribution < 1.29 is 65.4 Å². The molecule has 0 aliphatic carbocycles. The van der Waals surface area contributed by atoms with Crippen molar-refractivity contribution in [1.82, 2.24) is 4.98 Å². The quantitative estimate of drug-likeness (QED) is 0.115. The van der Waals surface area contributed by atoms with Crippen molar-refractivity contribution in [2.24, 2.45) is 0 Å². The number of ether oxygens (including phenoxy) is 9. The Kier molecular flexibility index (Phi) is 15.9. The molecule has 17 heteroatoms. The third-order valence-corrected chi connectivity index (χ3v) is 7.29. The molecule has 1 amide bonds. The van der Waals surface area contributed by atoms with Crippen LogP contribution >= 0.6 is 0 Å². The van der Waals surface area contributed by atoms with Gasteiger partial charge in [-0.15, -0.1) is 0 Å². The van der Waals surface area contributed by atoms with E-state index in [1.165, 1.54) is 41.3 Å². The molecule has 280 valence electrons. The maximum atomic E-state index is 13.5. The van der Waals surface area contributed by atoms with E-state index in [4.69, 9.17) is 42.6 Å². The summed E-state index contributed by atoms with van der Waals surface area (Å²) in [5, 5.41) is 0.536. The molecule has 51 heavy (non-hydrogen) atoms. The van der Waals surface area contributed by atoms with Crippen molar-refractivity contribution >= 4 is 28.7 Å². The summed E-state index contributed by atoms with van der Waals surface area (Å²) in [6, 6.07) is 10.9. The predicted octanol–water partition coefficient (Wildman–Crippen LogP) is 4.42. The van der Waals surface area contributed by atoms with Crippen molar-refractivity contribution in [1.29, 1.82) is 0 Å². The van der Waals surface area contributed by atoms with Gasteiger partial charge < -0.3 is 47.6 Å². The highest BCUT2D eigenvalue weighted by Gasteiger charge is 2.35. The number of aromatic amines is 1. The van der Waals surface area contributed by atoms with Crippen LogP contribution in [0.4, 0.5) is 28.4 Å². The second kappa shape index (κ2) is 20.6. The zero-order valence-corrected chi connectivity index (χ0v) is 28.1. The van der Waals surface area contributed by atoms with Gasteiger partial charge in [0.2, 0.25) is 0 Å². The number of benzene rings is 2. The van der Waals surface area contributed by atoms with Crippen LogP contribution in [-0.4, -0.2) is 123 Å². The molecule has 2 heterocycles. The number of carbonyl (C=O) groups excluding carboxylic acids is 2. The van der Waals surface area contributed by atoms with Gasteiger partial charge in [-0.05, 0) is 29.7 Å². The third kappa shape index (κ3) is 12.8. The molecule has 0 radical (unpaired) electrons. The van der Waals surface area contributed by atoms with Gasteiger partial charge in [-0.1, -0.05) is 24.3 Å². The van der Waals surface area contributed by atoms with E-state index in [2.05, 4.69) is 4.98 Å². The number of alkyl halides is 3. The normalized spacial score (nSPS) is 14.6. The molecule has 0 unspecified atom stereocenters.